The summed E-state index contributed by atoms with van der Waals surface area (Å²) in [6, 6.07) is 9.34. The highest BCUT2D eigenvalue weighted by Gasteiger charge is 2.26. The molecule has 0 radical (unpaired) electrons. The van der Waals surface area contributed by atoms with Crippen LogP contribution >= 0.6 is 0 Å². The van der Waals surface area contributed by atoms with E-state index in [0.29, 0.717) is 18.9 Å². The van der Waals surface area contributed by atoms with E-state index in [0.717, 1.165) is 31.2 Å². The monoisotopic (exact) mass is 428 g/mol. The summed E-state index contributed by atoms with van der Waals surface area (Å²) < 4.78 is 7.08. The Morgan fingerprint density at radius 1 is 1.23 bits per heavy atom. The number of aromatic amines is 1. The molecule has 168 valence electrons. The summed E-state index contributed by atoms with van der Waals surface area (Å²) in [6.07, 6.45) is 4.87. The first-order chi connectivity index (χ1) is 14.9. The van der Waals surface area contributed by atoms with Crippen molar-refractivity contribution in [2.45, 2.75) is 58.6 Å². The number of amides is 1. The molecule has 1 amide bonds. The van der Waals surface area contributed by atoms with Gasteiger partial charge >= 0.3 is 5.69 Å². The summed E-state index contributed by atoms with van der Waals surface area (Å²) in [5.41, 5.74) is 5.91. The van der Waals surface area contributed by atoms with Crippen molar-refractivity contribution in [2.75, 3.05) is 23.8 Å². The standard InChI is InChI=1S/C23H32N4O4/c1-16(2)12-13-26(19(28)15-31-18-10-6-7-11-18)20-21(24)27(23(30)25-22(20)29)14-17-8-4-3-5-9-17/h3-5,8-9,16,18H,6-7,10-15,24H2,1-2H3,(H,25,29,30). The molecule has 3 N–H and O–H groups in total. The Morgan fingerprint density at radius 2 is 1.90 bits per heavy atom. The van der Waals surface area contributed by atoms with Crippen molar-refractivity contribution in [1.29, 1.82) is 0 Å². The quantitative estimate of drug-likeness (QED) is 0.638. The highest BCUT2D eigenvalue weighted by atomic mass is 16.5. The number of H-pyrrole nitrogens is 1. The second-order valence-corrected chi connectivity index (χ2v) is 8.51. The zero-order valence-corrected chi connectivity index (χ0v) is 18.3. The van der Waals surface area contributed by atoms with E-state index in [2.05, 4.69) is 4.98 Å². The molecule has 1 aromatic heterocycles. The van der Waals surface area contributed by atoms with Gasteiger partial charge in [0.1, 0.15) is 12.4 Å². The molecule has 2 aromatic rings. The van der Waals surface area contributed by atoms with Gasteiger partial charge in [-0.3, -0.25) is 19.1 Å². The van der Waals surface area contributed by atoms with Gasteiger partial charge in [0, 0.05) is 6.54 Å². The molecule has 0 atom stereocenters. The van der Waals surface area contributed by atoms with E-state index in [4.69, 9.17) is 10.5 Å². The number of nitrogens with zero attached hydrogens (tertiary/aromatic N) is 2. The lowest BCUT2D eigenvalue weighted by molar-refractivity contribution is -0.125. The Labute approximate surface area is 182 Å². The number of ether oxygens (including phenoxy) is 1. The largest absolute Gasteiger partial charge is 0.383 e. The summed E-state index contributed by atoms with van der Waals surface area (Å²) in [5, 5.41) is 0. The average molecular weight is 429 g/mol. The number of benzene rings is 1. The zero-order chi connectivity index (χ0) is 22.4. The maximum atomic E-state index is 13.1. The molecule has 1 aliphatic rings. The summed E-state index contributed by atoms with van der Waals surface area (Å²) >= 11 is 0. The SMILES string of the molecule is CC(C)CCN(C(=O)COC1CCCC1)c1c(N)n(Cc2ccccc2)c(=O)[nH]c1=O. The van der Waals surface area contributed by atoms with Gasteiger partial charge in [-0.2, -0.15) is 0 Å². The van der Waals surface area contributed by atoms with Crippen molar-refractivity contribution in [3.05, 3.63) is 56.7 Å². The molecule has 1 saturated carbocycles. The van der Waals surface area contributed by atoms with Crippen molar-refractivity contribution in [1.82, 2.24) is 9.55 Å². The van der Waals surface area contributed by atoms with Crippen LogP contribution in [0.15, 0.2) is 39.9 Å². The topological polar surface area (TPSA) is 110 Å². The fourth-order valence-electron chi connectivity index (χ4n) is 3.83. The molecular weight excluding hydrogens is 396 g/mol. The second-order valence-electron chi connectivity index (χ2n) is 8.51. The van der Waals surface area contributed by atoms with Crippen molar-refractivity contribution >= 4 is 17.4 Å². The lowest BCUT2D eigenvalue weighted by atomic mass is 10.1. The molecular formula is C23H32N4O4. The molecule has 1 aliphatic carbocycles. The van der Waals surface area contributed by atoms with Crippen LogP contribution in [0.2, 0.25) is 0 Å². The molecule has 1 fully saturated rings. The lowest BCUT2D eigenvalue weighted by Crippen LogP contribution is -2.43. The Balaban J connectivity index is 1.92. The predicted molar refractivity (Wildman–Crippen MR) is 121 cm³/mol. The van der Waals surface area contributed by atoms with Gasteiger partial charge in [0.05, 0.1) is 12.6 Å². The van der Waals surface area contributed by atoms with Crippen LogP contribution in [0.3, 0.4) is 0 Å². The predicted octanol–water partition coefficient (Wildman–Crippen LogP) is 2.51. The Hall–Kier alpha value is -2.87. The van der Waals surface area contributed by atoms with Gasteiger partial charge in [0.15, 0.2) is 5.69 Å². The maximum absolute atomic E-state index is 13.1. The van der Waals surface area contributed by atoms with Gasteiger partial charge < -0.3 is 15.4 Å². The second kappa shape index (κ2) is 10.4. The van der Waals surface area contributed by atoms with Crippen molar-refractivity contribution in [2.24, 2.45) is 5.92 Å². The van der Waals surface area contributed by atoms with Crippen LogP contribution in [-0.4, -0.2) is 34.7 Å². The minimum Gasteiger partial charge on any atom is -0.383 e. The fraction of sp³-hybridized carbons (Fsp3) is 0.522. The molecule has 0 unspecified atom stereocenters. The van der Waals surface area contributed by atoms with Gasteiger partial charge in [0.2, 0.25) is 0 Å². The zero-order valence-electron chi connectivity index (χ0n) is 18.3. The summed E-state index contributed by atoms with van der Waals surface area (Å²) in [4.78, 5) is 42.0. The van der Waals surface area contributed by atoms with Crippen LogP contribution in [-0.2, 0) is 16.1 Å². The number of carbonyl (C=O) groups is 1. The molecule has 31 heavy (non-hydrogen) atoms. The maximum Gasteiger partial charge on any atom is 0.330 e. The summed E-state index contributed by atoms with van der Waals surface area (Å²) in [6.45, 7) is 4.49. The van der Waals surface area contributed by atoms with Crippen LogP contribution in [0.25, 0.3) is 0 Å². The van der Waals surface area contributed by atoms with Crippen LogP contribution < -0.4 is 21.9 Å². The van der Waals surface area contributed by atoms with E-state index < -0.39 is 11.2 Å². The molecule has 8 nitrogen and oxygen atoms in total. The number of hydrogen-bond donors (Lipinski definition) is 2. The highest BCUT2D eigenvalue weighted by Crippen LogP contribution is 2.23. The molecule has 1 aromatic carbocycles. The van der Waals surface area contributed by atoms with Gasteiger partial charge in [-0.05, 0) is 30.7 Å². The van der Waals surface area contributed by atoms with E-state index in [1.54, 1.807) is 0 Å². The number of anilines is 2. The third kappa shape index (κ3) is 5.85. The molecule has 0 bridgehead atoms. The number of carbonyl (C=O) groups excluding carboxylic acids is 1. The Bertz CT molecular complexity index is 991. The van der Waals surface area contributed by atoms with Crippen molar-refractivity contribution < 1.29 is 9.53 Å². The number of hydrogen-bond acceptors (Lipinski definition) is 5. The normalized spacial score (nSPS) is 14.3. The summed E-state index contributed by atoms with van der Waals surface area (Å²) in [7, 11) is 0. The average Bonchev–Trinajstić information content (AvgIpc) is 3.26. The third-order valence-electron chi connectivity index (χ3n) is 5.64. The van der Waals surface area contributed by atoms with E-state index in [-0.39, 0.29) is 36.7 Å². The molecule has 0 spiro atoms. The molecule has 8 heteroatoms. The van der Waals surface area contributed by atoms with Gasteiger partial charge in [-0.15, -0.1) is 0 Å². The number of nitrogens with two attached hydrogens (primary N) is 1. The number of rotatable bonds is 9. The van der Waals surface area contributed by atoms with E-state index in [1.165, 1.54) is 9.47 Å². The first-order valence-corrected chi connectivity index (χ1v) is 10.9. The molecule has 3 rings (SSSR count). The van der Waals surface area contributed by atoms with Gasteiger partial charge in [0.25, 0.3) is 11.5 Å². The van der Waals surface area contributed by atoms with Gasteiger partial charge in [-0.1, -0.05) is 57.0 Å². The smallest absolute Gasteiger partial charge is 0.330 e. The number of nitrogen functional groups attached to an aromatic ring is 1. The number of nitrogens with one attached hydrogen (secondary N) is 1. The van der Waals surface area contributed by atoms with E-state index in [9.17, 15) is 14.4 Å². The van der Waals surface area contributed by atoms with Crippen LogP contribution in [0.5, 0.6) is 0 Å². The van der Waals surface area contributed by atoms with Crippen LogP contribution in [0.4, 0.5) is 11.5 Å². The van der Waals surface area contributed by atoms with Crippen molar-refractivity contribution in [3.63, 3.8) is 0 Å². The molecule has 0 aliphatic heterocycles. The first kappa shape index (κ1) is 22.8. The minimum absolute atomic E-state index is 0.0104. The molecule has 0 saturated heterocycles. The van der Waals surface area contributed by atoms with Crippen molar-refractivity contribution in [3.8, 4) is 0 Å². The third-order valence-corrected chi connectivity index (χ3v) is 5.64. The first-order valence-electron chi connectivity index (χ1n) is 10.9. The lowest BCUT2D eigenvalue weighted by Gasteiger charge is -2.26. The Morgan fingerprint density at radius 3 is 2.55 bits per heavy atom. The van der Waals surface area contributed by atoms with Crippen LogP contribution in [0, 0.1) is 5.92 Å². The Kier molecular flexibility index (Phi) is 7.68. The van der Waals surface area contributed by atoms with E-state index in [1.807, 2.05) is 44.2 Å². The van der Waals surface area contributed by atoms with Gasteiger partial charge in [-0.25, -0.2) is 4.79 Å². The number of aromatic nitrogens is 2. The summed E-state index contributed by atoms with van der Waals surface area (Å²) in [5.74, 6) is -0.0215. The van der Waals surface area contributed by atoms with Crippen LogP contribution in [0.1, 0.15) is 51.5 Å². The highest BCUT2D eigenvalue weighted by molar-refractivity contribution is 5.96. The fourth-order valence-corrected chi connectivity index (χ4v) is 3.83. The minimum atomic E-state index is -0.662. The van der Waals surface area contributed by atoms with E-state index >= 15 is 0 Å². The molecule has 1 heterocycles.